The first-order valence-corrected chi connectivity index (χ1v) is 15.6. The minimum absolute atomic E-state index is 0.00613. The third-order valence-electron chi connectivity index (χ3n) is 6.55. The molecule has 0 bridgehead atoms. The fourth-order valence-electron chi connectivity index (χ4n) is 4.38. The van der Waals surface area contributed by atoms with E-state index >= 15 is 0 Å². The second-order valence-electron chi connectivity index (χ2n) is 10.5. The van der Waals surface area contributed by atoms with Crippen LogP contribution in [-0.4, -0.2) is 55.4 Å². The fraction of sp³-hybridized carbons (Fsp3) is 0.333. The topological polar surface area (TPSA) is 130 Å². The standard InChI is InChI=1S/C30H35ClN4O6S/c1-21(2)18-32-30(37)28(16-23-9-6-5-7-10-23)33(19-24-11-8-12-25(31)15-24)29(36)20-34(42(4,40)41)27-17-26(35(38)39)14-13-22(27)3/h5-15,17,21,28H,16,18-20H2,1-4H3,(H,32,37). The van der Waals surface area contributed by atoms with Crippen molar-refractivity contribution in [1.29, 1.82) is 0 Å². The van der Waals surface area contributed by atoms with Crippen LogP contribution in [0.15, 0.2) is 72.8 Å². The first-order valence-electron chi connectivity index (χ1n) is 13.3. The molecule has 0 saturated heterocycles. The number of sulfonamides is 1. The largest absolute Gasteiger partial charge is 0.354 e. The van der Waals surface area contributed by atoms with Crippen LogP contribution in [0.1, 0.15) is 30.5 Å². The highest BCUT2D eigenvalue weighted by Crippen LogP contribution is 2.28. The van der Waals surface area contributed by atoms with E-state index in [1.54, 1.807) is 31.2 Å². The summed E-state index contributed by atoms with van der Waals surface area (Å²) in [5.41, 5.74) is 1.56. The molecule has 0 aromatic heterocycles. The number of nitrogens with one attached hydrogen (secondary N) is 1. The predicted octanol–water partition coefficient (Wildman–Crippen LogP) is 4.73. The van der Waals surface area contributed by atoms with E-state index in [0.717, 1.165) is 22.2 Å². The number of aryl methyl sites for hydroxylation is 1. The van der Waals surface area contributed by atoms with Crippen molar-refractivity contribution >= 4 is 44.8 Å². The summed E-state index contributed by atoms with van der Waals surface area (Å²) in [6.45, 7) is 5.18. The molecule has 1 N–H and O–H groups in total. The van der Waals surface area contributed by atoms with Gasteiger partial charge in [-0.15, -0.1) is 0 Å². The van der Waals surface area contributed by atoms with Gasteiger partial charge in [0.05, 0.1) is 16.9 Å². The highest BCUT2D eigenvalue weighted by atomic mass is 35.5. The fourth-order valence-corrected chi connectivity index (χ4v) is 5.50. The Bertz CT molecular complexity index is 1530. The maximum absolute atomic E-state index is 14.1. The molecule has 3 aromatic rings. The van der Waals surface area contributed by atoms with Crippen molar-refractivity contribution in [1.82, 2.24) is 10.2 Å². The second kappa shape index (κ2) is 14.3. The number of benzene rings is 3. The van der Waals surface area contributed by atoms with E-state index in [1.807, 2.05) is 44.2 Å². The van der Waals surface area contributed by atoms with Crippen molar-refractivity contribution in [3.05, 3.63) is 105 Å². The number of carbonyl (C=O) groups is 2. The molecule has 0 radical (unpaired) electrons. The Morgan fingerprint density at radius 3 is 2.26 bits per heavy atom. The molecule has 2 amide bonds. The lowest BCUT2D eigenvalue weighted by Crippen LogP contribution is -2.53. The van der Waals surface area contributed by atoms with Crippen LogP contribution in [0.25, 0.3) is 0 Å². The minimum atomic E-state index is -4.08. The molecular weight excluding hydrogens is 580 g/mol. The van der Waals surface area contributed by atoms with Gasteiger partial charge in [-0.3, -0.25) is 24.0 Å². The molecule has 3 rings (SSSR count). The summed E-state index contributed by atoms with van der Waals surface area (Å²) in [6.07, 6.45) is 1.10. The number of carbonyl (C=O) groups excluding carboxylic acids is 2. The zero-order chi connectivity index (χ0) is 31.0. The van der Waals surface area contributed by atoms with Crippen molar-refractivity contribution in [3.63, 3.8) is 0 Å². The molecule has 1 atom stereocenters. The highest BCUT2D eigenvalue weighted by molar-refractivity contribution is 7.92. The summed E-state index contributed by atoms with van der Waals surface area (Å²) in [6, 6.07) is 18.9. The summed E-state index contributed by atoms with van der Waals surface area (Å²) >= 11 is 6.22. The average Bonchev–Trinajstić information content (AvgIpc) is 2.92. The Morgan fingerprint density at radius 2 is 1.67 bits per heavy atom. The van der Waals surface area contributed by atoms with Gasteiger partial charge in [-0.05, 0) is 41.7 Å². The van der Waals surface area contributed by atoms with Crippen LogP contribution in [0.2, 0.25) is 5.02 Å². The number of rotatable bonds is 13. The summed E-state index contributed by atoms with van der Waals surface area (Å²) in [5, 5.41) is 14.8. The third kappa shape index (κ3) is 9.02. The molecule has 0 fully saturated rings. The van der Waals surface area contributed by atoms with Crippen molar-refractivity contribution < 1.29 is 22.9 Å². The molecule has 3 aromatic carbocycles. The maximum atomic E-state index is 14.1. The molecule has 0 aliphatic heterocycles. The van der Waals surface area contributed by atoms with E-state index in [9.17, 15) is 28.1 Å². The van der Waals surface area contributed by atoms with Crippen LogP contribution >= 0.6 is 11.6 Å². The normalized spacial score (nSPS) is 12.0. The molecule has 0 spiro atoms. The Kier molecular flexibility index (Phi) is 11.1. The molecular formula is C30H35ClN4O6S. The summed E-state index contributed by atoms with van der Waals surface area (Å²) in [4.78, 5) is 39.9. The van der Waals surface area contributed by atoms with Gasteiger partial charge in [-0.2, -0.15) is 0 Å². The van der Waals surface area contributed by atoms with Crippen LogP contribution in [0.4, 0.5) is 11.4 Å². The van der Waals surface area contributed by atoms with Gasteiger partial charge >= 0.3 is 0 Å². The monoisotopic (exact) mass is 614 g/mol. The number of hydrogen-bond acceptors (Lipinski definition) is 6. The SMILES string of the molecule is Cc1ccc([N+](=O)[O-])cc1N(CC(=O)N(Cc1cccc(Cl)c1)C(Cc1ccccc1)C(=O)NCC(C)C)S(C)(=O)=O. The van der Waals surface area contributed by atoms with Crippen LogP contribution in [0.5, 0.6) is 0 Å². The Hall–Kier alpha value is -3.96. The zero-order valence-corrected chi connectivity index (χ0v) is 25.6. The van der Waals surface area contributed by atoms with Crippen molar-refractivity contribution in [2.24, 2.45) is 5.92 Å². The van der Waals surface area contributed by atoms with Crippen molar-refractivity contribution in [2.75, 3.05) is 23.7 Å². The number of nitro benzene ring substituents is 1. The maximum Gasteiger partial charge on any atom is 0.271 e. The quantitative estimate of drug-likeness (QED) is 0.219. The van der Waals surface area contributed by atoms with E-state index in [-0.39, 0.29) is 36.2 Å². The van der Waals surface area contributed by atoms with Gasteiger partial charge in [0, 0.05) is 36.7 Å². The van der Waals surface area contributed by atoms with Gasteiger partial charge in [0.25, 0.3) is 5.69 Å². The number of halogens is 1. The summed E-state index contributed by atoms with van der Waals surface area (Å²) in [7, 11) is -4.08. The molecule has 0 aliphatic rings. The van der Waals surface area contributed by atoms with Gasteiger partial charge in [-0.25, -0.2) is 8.42 Å². The van der Waals surface area contributed by atoms with E-state index in [0.29, 0.717) is 22.7 Å². The first kappa shape index (κ1) is 32.6. The molecule has 10 nitrogen and oxygen atoms in total. The predicted molar refractivity (Wildman–Crippen MR) is 164 cm³/mol. The van der Waals surface area contributed by atoms with Crippen molar-refractivity contribution in [2.45, 2.75) is 39.8 Å². The van der Waals surface area contributed by atoms with Crippen LogP contribution in [0.3, 0.4) is 0 Å². The number of nitro groups is 1. The number of non-ortho nitro benzene ring substituents is 1. The van der Waals surface area contributed by atoms with Crippen molar-refractivity contribution in [3.8, 4) is 0 Å². The van der Waals surface area contributed by atoms with Gasteiger partial charge in [0.15, 0.2) is 0 Å². The number of amides is 2. The van der Waals surface area contributed by atoms with Gasteiger partial charge in [-0.1, -0.05) is 74.0 Å². The summed E-state index contributed by atoms with van der Waals surface area (Å²) < 4.78 is 26.8. The minimum Gasteiger partial charge on any atom is -0.354 e. The zero-order valence-electron chi connectivity index (χ0n) is 24.0. The third-order valence-corrected chi connectivity index (χ3v) is 7.91. The molecule has 1 unspecified atom stereocenters. The van der Waals surface area contributed by atoms with Crippen LogP contribution < -0.4 is 9.62 Å². The lowest BCUT2D eigenvalue weighted by molar-refractivity contribution is -0.384. The molecule has 0 saturated carbocycles. The second-order valence-corrected chi connectivity index (χ2v) is 12.8. The molecule has 224 valence electrons. The van der Waals surface area contributed by atoms with Crippen LogP contribution in [-0.2, 0) is 32.6 Å². The number of nitrogens with zero attached hydrogens (tertiary/aromatic N) is 3. The Morgan fingerprint density at radius 1 is 1.00 bits per heavy atom. The Labute approximate surface area is 251 Å². The molecule has 12 heteroatoms. The lowest BCUT2D eigenvalue weighted by Gasteiger charge is -2.34. The van der Waals surface area contributed by atoms with E-state index in [1.165, 1.54) is 17.0 Å². The van der Waals surface area contributed by atoms with E-state index < -0.39 is 33.4 Å². The van der Waals surface area contributed by atoms with E-state index in [2.05, 4.69) is 5.32 Å². The Balaban J connectivity index is 2.10. The molecule has 0 heterocycles. The first-order chi connectivity index (χ1) is 19.8. The highest BCUT2D eigenvalue weighted by Gasteiger charge is 2.33. The van der Waals surface area contributed by atoms with Gasteiger partial charge in [0.1, 0.15) is 12.6 Å². The lowest BCUT2D eigenvalue weighted by atomic mass is 10.0. The molecule has 42 heavy (non-hydrogen) atoms. The number of hydrogen-bond donors (Lipinski definition) is 1. The van der Waals surface area contributed by atoms with Crippen LogP contribution in [0, 0.1) is 23.0 Å². The van der Waals surface area contributed by atoms with E-state index in [4.69, 9.17) is 11.6 Å². The summed E-state index contributed by atoms with van der Waals surface area (Å²) in [5.74, 6) is -0.895. The number of anilines is 1. The van der Waals surface area contributed by atoms with Gasteiger partial charge in [0.2, 0.25) is 21.8 Å². The smallest absolute Gasteiger partial charge is 0.271 e. The molecule has 0 aliphatic carbocycles. The van der Waals surface area contributed by atoms with Gasteiger partial charge < -0.3 is 10.2 Å². The average molecular weight is 615 g/mol.